The van der Waals surface area contributed by atoms with Crippen LogP contribution in [0.2, 0.25) is 0 Å². The van der Waals surface area contributed by atoms with Crippen LogP contribution >= 0.6 is 11.8 Å². The van der Waals surface area contributed by atoms with Crippen molar-refractivity contribution in [3.63, 3.8) is 0 Å². The topological polar surface area (TPSA) is 15.3 Å². The van der Waals surface area contributed by atoms with E-state index in [1.165, 1.54) is 50.3 Å². The Morgan fingerprint density at radius 1 is 1.36 bits per heavy atom. The number of likely N-dealkylation sites (tertiary alicyclic amines) is 1. The molecule has 1 N–H and O–H groups in total. The minimum atomic E-state index is 0.800. The van der Waals surface area contributed by atoms with Crippen LogP contribution in [0.15, 0.2) is 0 Å². The van der Waals surface area contributed by atoms with E-state index in [1.807, 2.05) is 0 Å². The molecule has 2 nitrogen and oxygen atoms in total. The van der Waals surface area contributed by atoms with Crippen LogP contribution in [0.1, 0.15) is 25.7 Å². The van der Waals surface area contributed by atoms with Crippen LogP contribution in [-0.4, -0.2) is 48.6 Å². The second-order valence-corrected chi connectivity index (χ2v) is 5.75. The molecule has 2 fully saturated rings. The van der Waals surface area contributed by atoms with Crippen molar-refractivity contribution in [3.8, 4) is 0 Å². The molecule has 0 aromatic rings. The molecule has 0 bridgehead atoms. The van der Waals surface area contributed by atoms with Crippen molar-refractivity contribution < 1.29 is 0 Å². The SMILES string of the molecule is CN1CCCCC1CNC1CCSC1. The van der Waals surface area contributed by atoms with Gasteiger partial charge in [0.05, 0.1) is 0 Å². The van der Waals surface area contributed by atoms with E-state index in [-0.39, 0.29) is 0 Å². The van der Waals surface area contributed by atoms with Gasteiger partial charge in [-0.15, -0.1) is 0 Å². The number of likely N-dealkylation sites (N-methyl/N-ethyl adjacent to an activating group) is 1. The van der Waals surface area contributed by atoms with Crippen LogP contribution in [0.3, 0.4) is 0 Å². The van der Waals surface area contributed by atoms with Crippen LogP contribution in [0.4, 0.5) is 0 Å². The second-order valence-electron chi connectivity index (χ2n) is 4.60. The third-order valence-corrected chi connectivity index (χ3v) is 4.66. The Labute approximate surface area is 91.8 Å². The molecule has 0 aromatic heterocycles. The lowest BCUT2D eigenvalue weighted by Crippen LogP contribution is -2.45. The molecule has 2 aliphatic heterocycles. The first-order valence-corrected chi connectivity index (χ1v) is 7.03. The van der Waals surface area contributed by atoms with Crippen LogP contribution in [0, 0.1) is 0 Å². The average Bonchev–Trinajstić information content (AvgIpc) is 2.69. The second kappa shape index (κ2) is 5.38. The van der Waals surface area contributed by atoms with Crippen molar-refractivity contribution in [2.75, 3.05) is 31.6 Å². The van der Waals surface area contributed by atoms with Crippen molar-refractivity contribution in [1.29, 1.82) is 0 Å². The Kier molecular flexibility index (Phi) is 4.14. The van der Waals surface area contributed by atoms with E-state index in [9.17, 15) is 0 Å². The summed E-state index contributed by atoms with van der Waals surface area (Å²) >= 11 is 2.09. The Balaban J connectivity index is 1.67. The third-order valence-electron chi connectivity index (χ3n) is 3.49. The third kappa shape index (κ3) is 2.88. The first-order valence-electron chi connectivity index (χ1n) is 5.87. The largest absolute Gasteiger partial charge is 0.312 e. The lowest BCUT2D eigenvalue weighted by atomic mass is 10.0. The van der Waals surface area contributed by atoms with Crippen molar-refractivity contribution in [1.82, 2.24) is 10.2 Å². The number of nitrogens with one attached hydrogen (secondary N) is 1. The zero-order valence-corrected chi connectivity index (χ0v) is 9.98. The summed E-state index contributed by atoms with van der Waals surface area (Å²) in [6, 6.07) is 1.60. The van der Waals surface area contributed by atoms with Gasteiger partial charge in [-0.25, -0.2) is 0 Å². The van der Waals surface area contributed by atoms with Crippen LogP contribution in [-0.2, 0) is 0 Å². The maximum absolute atomic E-state index is 3.72. The minimum absolute atomic E-state index is 0.800. The number of hydrogen-bond acceptors (Lipinski definition) is 3. The summed E-state index contributed by atoms with van der Waals surface area (Å²) in [4.78, 5) is 2.53. The number of rotatable bonds is 3. The van der Waals surface area contributed by atoms with Gasteiger partial charge in [0.25, 0.3) is 0 Å². The van der Waals surface area contributed by atoms with E-state index in [2.05, 4.69) is 29.0 Å². The lowest BCUT2D eigenvalue weighted by Gasteiger charge is -2.33. The maximum atomic E-state index is 3.72. The molecule has 0 radical (unpaired) electrons. The Morgan fingerprint density at radius 3 is 3.00 bits per heavy atom. The molecule has 0 amide bonds. The van der Waals surface area contributed by atoms with Crippen molar-refractivity contribution in [2.45, 2.75) is 37.8 Å². The highest BCUT2D eigenvalue weighted by Crippen LogP contribution is 2.18. The molecule has 2 aliphatic rings. The number of hydrogen-bond donors (Lipinski definition) is 1. The maximum Gasteiger partial charge on any atom is 0.0217 e. The fourth-order valence-corrected chi connectivity index (χ4v) is 3.59. The van der Waals surface area contributed by atoms with E-state index >= 15 is 0 Å². The lowest BCUT2D eigenvalue weighted by molar-refractivity contribution is 0.179. The molecule has 0 aliphatic carbocycles. The van der Waals surface area contributed by atoms with Gasteiger partial charge < -0.3 is 10.2 Å². The molecule has 2 saturated heterocycles. The van der Waals surface area contributed by atoms with Gasteiger partial charge in [0.15, 0.2) is 0 Å². The molecule has 82 valence electrons. The van der Waals surface area contributed by atoms with Crippen LogP contribution in [0.5, 0.6) is 0 Å². The molecule has 2 heterocycles. The molecule has 14 heavy (non-hydrogen) atoms. The molecular weight excluding hydrogens is 192 g/mol. The highest BCUT2D eigenvalue weighted by atomic mass is 32.2. The first-order chi connectivity index (χ1) is 6.86. The van der Waals surface area contributed by atoms with Gasteiger partial charge >= 0.3 is 0 Å². The van der Waals surface area contributed by atoms with Gasteiger partial charge in [-0.3, -0.25) is 0 Å². The van der Waals surface area contributed by atoms with Crippen molar-refractivity contribution in [3.05, 3.63) is 0 Å². The highest BCUT2D eigenvalue weighted by Gasteiger charge is 2.21. The average molecular weight is 214 g/mol. The fourth-order valence-electron chi connectivity index (χ4n) is 2.40. The van der Waals surface area contributed by atoms with E-state index in [4.69, 9.17) is 0 Å². The molecule has 3 heteroatoms. The van der Waals surface area contributed by atoms with Crippen LogP contribution in [0.25, 0.3) is 0 Å². The standard InChI is InChI=1S/C11H22N2S/c1-13-6-3-2-4-11(13)8-12-10-5-7-14-9-10/h10-12H,2-9H2,1H3. The van der Waals surface area contributed by atoms with Gasteiger partial charge in [0, 0.05) is 24.4 Å². The molecule has 0 spiro atoms. The normalized spacial score (nSPS) is 34.9. The molecule has 0 saturated carbocycles. The summed E-state index contributed by atoms with van der Waals surface area (Å²) < 4.78 is 0. The van der Waals surface area contributed by atoms with Gasteiger partial charge in [0.2, 0.25) is 0 Å². The summed E-state index contributed by atoms with van der Waals surface area (Å²) in [5.74, 6) is 2.69. The summed E-state index contributed by atoms with van der Waals surface area (Å²) in [6.07, 6.45) is 5.59. The Bertz CT molecular complexity index is 169. The van der Waals surface area contributed by atoms with Crippen LogP contribution < -0.4 is 5.32 Å². The van der Waals surface area contributed by atoms with Crippen molar-refractivity contribution >= 4 is 11.8 Å². The van der Waals surface area contributed by atoms with Gasteiger partial charge in [-0.2, -0.15) is 11.8 Å². The molecular formula is C11H22N2S. The van der Waals surface area contributed by atoms with E-state index in [0.29, 0.717) is 0 Å². The number of nitrogens with zero attached hydrogens (tertiary/aromatic N) is 1. The Morgan fingerprint density at radius 2 is 2.29 bits per heavy atom. The van der Waals surface area contributed by atoms with E-state index in [0.717, 1.165) is 12.1 Å². The smallest absolute Gasteiger partial charge is 0.0217 e. The summed E-state index contributed by atoms with van der Waals surface area (Å²) in [6.45, 7) is 2.51. The predicted molar refractivity (Wildman–Crippen MR) is 64.0 cm³/mol. The zero-order chi connectivity index (χ0) is 9.80. The summed E-state index contributed by atoms with van der Waals surface area (Å²) in [7, 11) is 2.27. The fraction of sp³-hybridized carbons (Fsp3) is 1.00. The van der Waals surface area contributed by atoms with Gasteiger partial charge in [-0.05, 0) is 38.6 Å². The van der Waals surface area contributed by atoms with E-state index < -0.39 is 0 Å². The molecule has 0 aromatic carbocycles. The quantitative estimate of drug-likeness (QED) is 0.768. The zero-order valence-electron chi connectivity index (χ0n) is 9.17. The van der Waals surface area contributed by atoms with Gasteiger partial charge in [0.1, 0.15) is 0 Å². The molecule has 2 rings (SSSR count). The number of piperidine rings is 1. The van der Waals surface area contributed by atoms with Crippen molar-refractivity contribution in [2.24, 2.45) is 0 Å². The first kappa shape index (κ1) is 10.8. The van der Waals surface area contributed by atoms with Gasteiger partial charge in [-0.1, -0.05) is 6.42 Å². The highest BCUT2D eigenvalue weighted by molar-refractivity contribution is 7.99. The number of thioether (sulfide) groups is 1. The monoisotopic (exact) mass is 214 g/mol. The minimum Gasteiger partial charge on any atom is -0.312 e. The summed E-state index contributed by atoms with van der Waals surface area (Å²) in [5.41, 5.74) is 0. The summed E-state index contributed by atoms with van der Waals surface area (Å²) in [5, 5.41) is 3.72. The van der Waals surface area contributed by atoms with E-state index in [1.54, 1.807) is 0 Å². The Hall–Kier alpha value is 0.270. The predicted octanol–water partition coefficient (Wildman–Crippen LogP) is 1.57. The molecule has 2 unspecified atom stereocenters. The molecule has 2 atom stereocenters.